The molecule has 0 aromatic heterocycles. The summed E-state index contributed by atoms with van der Waals surface area (Å²) in [7, 11) is 0. The van der Waals surface area contributed by atoms with E-state index in [2.05, 4.69) is 6.58 Å². The first-order chi connectivity index (χ1) is 5.81. The Balaban J connectivity index is 3.07. The highest BCUT2D eigenvalue weighted by atomic mass is 16.5. The molecule has 0 fully saturated rings. The maximum atomic E-state index is 9.38. The topological polar surface area (TPSA) is 29.5 Å². The highest BCUT2D eigenvalue weighted by Crippen LogP contribution is 2.04. The van der Waals surface area contributed by atoms with Crippen molar-refractivity contribution in [1.82, 2.24) is 0 Å². The predicted octanol–water partition coefficient (Wildman–Crippen LogP) is 2.13. The summed E-state index contributed by atoms with van der Waals surface area (Å²) in [6.07, 6.45) is 5.18. The molecule has 0 aliphatic rings. The number of rotatable bonds is 8. The van der Waals surface area contributed by atoms with Crippen molar-refractivity contribution < 1.29 is 9.84 Å². The Bertz CT molecular complexity index is 102. The number of ether oxygens (including phenoxy) is 1. The fourth-order valence-corrected chi connectivity index (χ4v) is 1.02. The van der Waals surface area contributed by atoms with Crippen molar-refractivity contribution in [3.8, 4) is 0 Å². The van der Waals surface area contributed by atoms with E-state index < -0.39 is 0 Å². The lowest BCUT2D eigenvalue weighted by atomic mass is 10.1. The number of hydrogen-bond acceptors (Lipinski definition) is 2. The van der Waals surface area contributed by atoms with Gasteiger partial charge >= 0.3 is 0 Å². The summed E-state index contributed by atoms with van der Waals surface area (Å²) in [6, 6.07) is 0. The van der Waals surface area contributed by atoms with Crippen molar-refractivity contribution in [2.45, 2.75) is 38.7 Å². The van der Waals surface area contributed by atoms with Crippen LogP contribution in [0.25, 0.3) is 0 Å². The first kappa shape index (κ1) is 11.7. The van der Waals surface area contributed by atoms with Gasteiger partial charge < -0.3 is 9.84 Å². The van der Waals surface area contributed by atoms with E-state index in [-0.39, 0.29) is 6.10 Å². The Morgan fingerprint density at radius 1 is 1.50 bits per heavy atom. The molecule has 0 aliphatic carbocycles. The monoisotopic (exact) mass is 172 g/mol. The molecule has 1 N–H and O–H groups in total. The minimum Gasteiger partial charge on any atom is -0.393 e. The lowest BCUT2D eigenvalue weighted by Gasteiger charge is -2.08. The summed E-state index contributed by atoms with van der Waals surface area (Å²) in [5.41, 5.74) is 0. The zero-order valence-corrected chi connectivity index (χ0v) is 7.96. The number of allylic oxidation sites excluding steroid dienone is 1. The third-order valence-corrected chi connectivity index (χ3v) is 1.73. The number of aliphatic hydroxyl groups is 1. The Morgan fingerprint density at radius 3 is 2.83 bits per heavy atom. The van der Waals surface area contributed by atoms with Crippen molar-refractivity contribution in [1.29, 1.82) is 0 Å². The summed E-state index contributed by atoms with van der Waals surface area (Å²) < 4.78 is 5.16. The molecule has 0 heterocycles. The Morgan fingerprint density at radius 2 is 2.25 bits per heavy atom. The van der Waals surface area contributed by atoms with Crippen LogP contribution < -0.4 is 0 Å². The molecular formula is C10H20O2. The third-order valence-electron chi connectivity index (χ3n) is 1.73. The van der Waals surface area contributed by atoms with Crippen molar-refractivity contribution in [3.05, 3.63) is 12.7 Å². The Hall–Kier alpha value is -0.340. The summed E-state index contributed by atoms with van der Waals surface area (Å²) in [5.74, 6) is 0. The minimum atomic E-state index is -0.177. The summed E-state index contributed by atoms with van der Waals surface area (Å²) >= 11 is 0. The van der Waals surface area contributed by atoms with Gasteiger partial charge in [-0.2, -0.15) is 0 Å². The minimum absolute atomic E-state index is 0.177. The van der Waals surface area contributed by atoms with Crippen LogP contribution in [0.4, 0.5) is 0 Å². The zero-order chi connectivity index (χ0) is 9.23. The first-order valence-corrected chi connectivity index (χ1v) is 4.68. The molecule has 0 saturated carbocycles. The van der Waals surface area contributed by atoms with Crippen molar-refractivity contribution in [3.63, 3.8) is 0 Å². The molecule has 0 spiro atoms. The van der Waals surface area contributed by atoms with Gasteiger partial charge in [-0.3, -0.25) is 0 Å². The first-order valence-electron chi connectivity index (χ1n) is 4.68. The van der Waals surface area contributed by atoms with E-state index in [4.69, 9.17) is 4.74 Å². The molecule has 2 nitrogen and oxygen atoms in total. The molecule has 0 aliphatic heterocycles. The zero-order valence-electron chi connectivity index (χ0n) is 7.96. The summed E-state index contributed by atoms with van der Waals surface area (Å²) in [4.78, 5) is 0. The molecular weight excluding hydrogens is 152 g/mol. The lowest BCUT2D eigenvalue weighted by molar-refractivity contribution is 0.111. The van der Waals surface area contributed by atoms with Crippen molar-refractivity contribution >= 4 is 0 Å². The largest absolute Gasteiger partial charge is 0.393 e. The maximum Gasteiger partial charge on any atom is 0.0544 e. The molecule has 72 valence electrons. The predicted molar refractivity (Wildman–Crippen MR) is 51.2 cm³/mol. The van der Waals surface area contributed by atoms with Gasteiger partial charge in [0.2, 0.25) is 0 Å². The summed E-state index contributed by atoms with van der Waals surface area (Å²) in [5, 5.41) is 9.38. The van der Waals surface area contributed by atoms with Crippen LogP contribution in [-0.4, -0.2) is 24.4 Å². The van der Waals surface area contributed by atoms with Crippen LogP contribution in [-0.2, 0) is 4.74 Å². The van der Waals surface area contributed by atoms with E-state index in [1.807, 2.05) is 13.0 Å². The lowest BCUT2D eigenvalue weighted by Crippen LogP contribution is -2.07. The van der Waals surface area contributed by atoms with E-state index >= 15 is 0 Å². The van der Waals surface area contributed by atoms with Gasteiger partial charge in [0.15, 0.2) is 0 Å². The van der Waals surface area contributed by atoms with Gasteiger partial charge in [-0.25, -0.2) is 0 Å². The second-order valence-electron chi connectivity index (χ2n) is 2.86. The van der Waals surface area contributed by atoms with Crippen LogP contribution >= 0.6 is 0 Å². The second-order valence-corrected chi connectivity index (χ2v) is 2.86. The Kier molecular flexibility index (Phi) is 8.51. The van der Waals surface area contributed by atoms with Gasteiger partial charge in [0.1, 0.15) is 0 Å². The number of hydrogen-bond donors (Lipinski definition) is 1. The van der Waals surface area contributed by atoms with Crippen LogP contribution in [0.1, 0.15) is 32.6 Å². The smallest absolute Gasteiger partial charge is 0.0544 e. The molecule has 0 bridgehead atoms. The van der Waals surface area contributed by atoms with Gasteiger partial charge in [0, 0.05) is 13.2 Å². The number of aliphatic hydroxyl groups excluding tert-OH is 1. The molecule has 0 rings (SSSR count). The van der Waals surface area contributed by atoms with E-state index in [1.54, 1.807) is 0 Å². The molecule has 0 radical (unpaired) electrons. The van der Waals surface area contributed by atoms with Gasteiger partial charge in [-0.05, 0) is 32.6 Å². The Labute approximate surface area is 75.2 Å². The average molecular weight is 172 g/mol. The molecule has 0 aromatic rings. The highest BCUT2D eigenvalue weighted by molar-refractivity contribution is 4.68. The van der Waals surface area contributed by atoms with Crippen LogP contribution in [0.3, 0.4) is 0 Å². The van der Waals surface area contributed by atoms with Crippen LogP contribution in [0, 0.1) is 0 Å². The molecule has 0 saturated heterocycles. The van der Waals surface area contributed by atoms with Gasteiger partial charge in [-0.15, -0.1) is 6.58 Å². The highest BCUT2D eigenvalue weighted by Gasteiger charge is 2.01. The van der Waals surface area contributed by atoms with E-state index in [9.17, 15) is 5.11 Å². The molecule has 12 heavy (non-hydrogen) atoms. The van der Waals surface area contributed by atoms with Crippen molar-refractivity contribution in [2.24, 2.45) is 0 Å². The van der Waals surface area contributed by atoms with Gasteiger partial charge in [0.05, 0.1) is 6.10 Å². The van der Waals surface area contributed by atoms with Crippen LogP contribution in [0.2, 0.25) is 0 Å². The molecule has 0 amide bonds. The molecule has 1 atom stereocenters. The van der Waals surface area contributed by atoms with E-state index in [0.717, 1.165) is 38.9 Å². The van der Waals surface area contributed by atoms with E-state index in [0.29, 0.717) is 0 Å². The second kappa shape index (κ2) is 8.75. The summed E-state index contributed by atoms with van der Waals surface area (Å²) in [6.45, 7) is 7.12. The maximum absolute atomic E-state index is 9.38. The quantitative estimate of drug-likeness (QED) is 0.449. The van der Waals surface area contributed by atoms with Gasteiger partial charge in [0.25, 0.3) is 0 Å². The molecule has 2 heteroatoms. The third kappa shape index (κ3) is 7.76. The SMILES string of the molecule is C=CCCC(O)CCCOCC. The molecule has 1 unspecified atom stereocenters. The van der Waals surface area contributed by atoms with E-state index in [1.165, 1.54) is 0 Å². The van der Waals surface area contributed by atoms with Crippen LogP contribution in [0.15, 0.2) is 12.7 Å². The standard InChI is InChI=1S/C10H20O2/c1-3-5-7-10(11)8-6-9-12-4-2/h3,10-11H,1,4-9H2,2H3. The van der Waals surface area contributed by atoms with Crippen LogP contribution in [0.5, 0.6) is 0 Å². The normalized spacial score (nSPS) is 12.8. The van der Waals surface area contributed by atoms with Crippen molar-refractivity contribution in [2.75, 3.05) is 13.2 Å². The fourth-order valence-electron chi connectivity index (χ4n) is 1.02. The fraction of sp³-hybridized carbons (Fsp3) is 0.800. The molecule has 0 aromatic carbocycles. The van der Waals surface area contributed by atoms with Gasteiger partial charge in [-0.1, -0.05) is 6.08 Å². The average Bonchev–Trinajstić information content (AvgIpc) is 2.09.